The average molecular weight is 363 g/mol. The number of hydrogen-bond acceptors (Lipinski definition) is 3. The zero-order valence-electron chi connectivity index (χ0n) is 15.1. The van der Waals surface area contributed by atoms with E-state index in [1.807, 2.05) is 38.1 Å². The van der Waals surface area contributed by atoms with Crippen LogP contribution in [0.25, 0.3) is 10.8 Å². The van der Waals surface area contributed by atoms with Gasteiger partial charge in [0.1, 0.15) is 5.75 Å². The first-order chi connectivity index (χ1) is 12.9. The molecule has 27 heavy (non-hydrogen) atoms. The van der Waals surface area contributed by atoms with Crippen LogP contribution < -0.4 is 5.32 Å². The van der Waals surface area contributed by atoms with Crippen LogP contribution in [0.2, 0.25) is 0 Å². The molecule has 0 spiro atoms. The van der Waals surface area contributed by atoms with Crippen molar-refractivity contribution < 1.29 is 19.8 Å². The molecule has 5 heteroatoms. The molecule has 0 saturated heterocycles. The summed E-state index contributed by atoms with van der Waals surface area (Å²) < 4.78 is 0. The molecule has 5 nitrogen and oxygen atoms in total. The Hall–Kier alpha value is -3.34. The number of carboxylic acids is 1. The number of carbonyl (C=O) groups excluding carboxylic acids is 1. The molecule has 0 radical (unpaired) electrons. The fourth-order valence-electron chi connectivity index (χ4n) is 3.08. The number of phenols is 1. The summed E-state index contributed by atoms with van der Waals surface area (Å²) in [4.78, 5) is 24.0. The van der Waals surface area contributed by atoms with Crippen LogP contribution in [-0.2, 0) is 4.79 Å². The number of phenolic OH excluding ortho intramolecular Hbond substituents is 1. The lowest BCUT2D eigenvalue weighted by Gasteiger charge is -2.21. The van der Waals surface area contributed by atoms with Crippen molar-refractivity contribution in [2.24, 2.45) is 5.92 Å². The molecule has 2 atom stereocenters. The molecule has 0 heterocycles. The minimum atomic E-state index is -1.08. The van der Waals surface area contributed by atoms with Crippen molar-refractivity contribution >= 4 is 28.3 Å². The number of rotatable bonds is 5. The Morgan fingerprint density at radius 3 is 2.33 bits per heavy atom. The van der Waals surface area contributed by atoms with Crippen LogP contribution in [0.5, 0.6) is 5.75 Å². The number of fused-ring (bicyclic) bond motifs is 1. The minimum absolute atomic E-state index is 0.0659. The third kappa shape index (κ3) is 3.92. The second-order valence-corrected chi connectivity index (χ2v) is 6.71. The van der Waals surface area contributed by atoms with Gasteiger partial charge in [0, 0.05) is 5.92 Å². The summed E-state index contributed by atoms with van der Waals surface area (Å²) in [5.74, 6) is -1.53. The van der Waals surface area contributed by atoms with Crippen LogP contribution in [0.15, 0.2) is 60.7 Å². The monoisotopic (exact) mass is 363 g/mol. The lowest BCUT2D eigenvalue weighted by molar-refractivity contribution is -0.119. The summed E-state index contributed by atoms with van der Waals surface area (Å²) >= 11 is 0. The number of carbonyl (C=O) groups is 2. The van der Waals surface area contributed by atoms with Crippen molar-refractivity contribution in [2.75, 3.05) is 5.32 Å². The van der Waals surface area contributed by atoms with Gasteiger partial charge in [0.25, 0.3) is 0 Å². The van der Waals surface area contributed by atoms with Crippen LogP contribution >= 0.6 is 0 Å². The number of aromatic hydroxyl groups is 1. The molecule has 1 amide bonds. The maximum atomic E-state index is 12.7. The van der Waals surface area contributed by atoms with Crippen LogP contribution in [0.3, 0.4) is 0 Å². The summed E-state index contributed by atoms with van der Waals surface area (Å²) in [6.45, 7) is 3.79. The second kappa shape index (κ2) is 7.50. The zero-order valence-corrected chi connectivity index (χ0v) is 15.1. The summed E-state index contributed by atoms with van der Waals surface area (Å²) in [7, 11) is 0. The number of amides is 1. The lowest BCUT2D eigenvalue weighted by Crippen LogP contribution is -2.25. The summed E-state index contributed by atoms with van der Waals surface area (Å²) in [6.07, 6.45) is 0. The van der Waals surface area contributed by atoms with Gasteiger partial charge in [-0.2, -0.15) is 0 Å². The standard InChI is InChI=1S/C22H21NO4/c1-13(15-7-8-17-12-18(24)10-9-16(17)11-15)14(2)21(25)23-20-6-4-3-5-19(20)22(26)27/h3-14,24H,1-2H3,(H,23,25)(H,26,27). The quantitative estimate of drug-likeness (QED) is 0.617. The summed E-state index contributed by atoms with van der Waals surface area (Å²) in [5, 5.41) is 23.5. The van der Waals surface area contributed by atoms with Crippen LogP contribution in [0, 0.1) is 5.92 Å². The van der Waals surface area contributed by atoms with Gasteiger partial charge in [-0.3, -0.25) is 4.79 Å². The SMILES string of the molecule is CC(C(=O)Nc1ccccc1C(=O)O)C(C)c1ccc2cc(O)ccc2c1. The Morgan fingerprint density at radius 2 is 1.59 bits per heavy atom. The first-order valence-electron chi connectivity index (χ1n) is 8.72. The van der Waals surface area contributed by atoms with Crippen molar-refractivity contribution in [2.45, 2.75) is 19.8 Å². The Balaban J connectivity index is 1.80. The van der Waals surface area contributed by atoms with E-state index in [2.05, 4.69) is 5.32 Å². The highest BCUT2D eigenvalue weighted by Crippen LogP contribution is 2.29. The molecule has 0 fully saturated rings. The Bertz CT molecular complexity index is 1010. The molecule has 2 unspecified atom stereocenters. The van der Waals surface area contributed by atoms with Crippen LogP contribution in [0.4, 0.5) is 5.69 Å². The Morgan fingerprint density at radius 1 is 0.926 bits per heavy atom. The van der Waals surface area contributed by atoms with Gasteiger partial charge in [-0.25, -0.2) is 4.79 Å². The molecule has 0 aliphatic carbocycles. The van der Waals surface area contributed by atoms with Crippen molar-refractivity contribution in [3.05, 3.63) is 71.8 Å². The lowest BCUT2D eigenvalue weighted by atomic mass is 9.87. The smallest absolute Gasteiger partial charge is 0.337 e. The normalized spacial score (nSPS) is 13.1. The minimum Gasteiger partial charge on any atom is -0.508 e. The van der Waals surface area contributed by atoms with E-state index in [0.29, 0.717) is 5.69 Å². The molecule has 3 aromatic carbocycles. The predicted octanol–water partition coefficient (Wildman–Crippen LogP) is 4.62. The van der Waals surface area contributed by atoms with E-state index >= 15 is 0 Å². The largest absolute Gasteiger partial charge is 0.508 e. The van der Waals surface area contributed by atoms with Crippen molar-refractivity contribution in [3.8, 4) is 5.75 Å². The highest BCUT2D eigenvalue weighted by molar-refractivity contribution is 6.01. The third-order valence-electron chi connectivity index (χ3n) is 4.95. The fourth-order valence-corrected chi connectivity index (χ4v) is 3.08. The van der Waals surface area contributed by atoms with Gasteiger partial charge in [0.05, 0.1) is 11.3 Å². The van der Waals surface area contributed by atoms with E-state index in [4.69, 9.17) is 0 Å². The number of carboxylic acid groups (broad SMARTS) is 1. The average Bonchev–Trinajstić information content (AvgIpc) is 2.66. The fraction of sp³-hybridized carbons (Fsp3) is 0.182. The zero-order chi connectivity index (χ0) is 19.6. The highest BCUT2D eigenvalue weighted by Gasteiger charge is 2.23. The number of nitrogens with one attached hydrogen (secondary N) is 1. The van der Waals surface area contributed by atoms with Gasteiger partial charge in [-0.1, -0.05) is 50.2 Å². The third-order valence-corrected chi connectivity index (χ3v) is 4.95. The molecule has 3 aromatic rings. The van der Waals surface area contributed by atoms with Crippen molar-refractivity contribution in [1.82, 2.24) is 0 Å². The number of aromatic carboxylic acids is 1. The van der Waals surface area contributed by atoms with Gasteiger partial charge in [-0.05, 0) is 46.5 Å². The van der Waals surface area contributed by atoms with Gasteiger partial charge >= 0.3 is 5.97 Å². The number of benzene rings is 3. The molecule has 0 bridgehead atoms. The van der Waals surface area contributed by atoms with Gasteiger partial charge < -0.3 is 15.5 Å². The number of hydrogen-bond donors (Lipinski definition) is 3. The molecular weight excluding hydrogens is 342 g/mol. The Kier molecular flexibility index (Phi) is 5.12. The number of anilines is 1. The van der Waals surface area contributed by atoms with E-state index < -0.39 is 5.97 Å². The molecule has 0 aliphatic heterocycles. The molecule has 0 aromatic heterocycles. The molecular formula is C22H21NO4. The topological polar surface area (TPSA) is 86.6 Å². The molecule has 3 rings (SSSR count). The van der Waals surface area contributed by atoms with E-state index in [0.717, 1.165) is 16.3 Å². The predicted molar refractivity (Wildman–Crippen MR) is 105 cm³/mol. The van der Waals surface area contributed by atoms with Gasteiger partial charge in [0.2, 0.25) is 5.91 Å². The Labute approximate surface area is 157 Å². The molecule has 138 valence electrons. The van der Waals surface area contributed by atoms with Crippen LogP contribution in [0.1, 0.15) is 35.7 Å². The van der Waals surface area contributed by atoms with E-state index in [1.165, 1.54) is 6.07 Å². The van der Waals surface area contributed by atoms with Crippen LogP contribution in [-0.4, -0.2) is 22.1 Å². The summed E-state index contributed by atoms with van der Waals surface area (Å²) in [6, 6.07) is 17.4. The highest BCUT2D eigenvalue weighted by atomic mass is 16.4. The first-order valence-corrected chi connectivity index (χ1v) is 8.72. The van der Waals surface area contributed by atoms with Crippen molar-refractivity contribution in [3.63, 3.8) is 0 Å². The van der Waals surface area contributed by atoms with E-state index in [9.17, 15) is 19.8 Å². The maximum Gasteiger partial charge on any atom is 0.337 e. The van der Waals surface area contributed by atoms with E-state index in [-0.39, 0.29) is 29.1 Å². The van der Waals surface area contributed by atoms with Gasteiger partial charge in [0.15, 0.2) is 0 Å². The van der Waals surface area contributed by atoms with Gasteiger partial charge in [-0.15, -0.1) is 0 Å². The first kappa shape index (κ1) is 18.5. The molecule has 0 aliphatic rings. The van der Waals surface area contributed by atoms with E-state index in [1.54, 1.807) is 30.3 Å². The second-order valence-electron chi connectivity index (χ2n) is 6.71. The molecule has 0 saturated carbocycles. The summed E-state index contributed by atoms with van der Waals surface area (Å²) in [5.41, 5.74) is 1.36. The number of para-hydroxylation sites is 1. The van der Waals surface area contributed by atoms with Crippen molar-refractivity contribution in [1.29, 1.82) is 0 Å². The molecule has 3 N–H and O–H groups in total. The maximum absolute atomic E-state index is 12.7.